The van der Waals surface area contributed by atoms with Crippen molar-refractivity contribution in [3.05, 3.63) is 18.7 Å². The lowest BCUT2D eigenvalue weighted by molar-refractivity contribution is -0.354. The first kappa shape index (κ1) is 41.6. The van der Waals surface area contributed by atoms with Crippen LogP contribution in [0.1, 0.15) is 20.3 Å². The van der Waals surface area contributed by atoms with Gasteiger partial charge in [0.1, 0.15) is 73.2 Å². The van der Waals surface area contributed by atoms with Crippen LogP contribution in [0.2, 0.25) is 0 Å². The molecule has 5 rings (SSSR count). The second kappa shape index (κ2) is 18.9. The van der Waals surface area contributed by atoms with Crippen LogP contribution in [0, 0.1) is 5.92 Å². The van der Waals surface area contributed by atoms with Crippen molar-refractivity contribution in [3.8, 4) is 0 Å². The van der Waals surface area contributed by atoms with Crippen LogP contribution in [0.25, 0.3) is 0 Å². The Bertz CT molecular complexity index is 1190. The summed E-state index contributed by atoms with van der Waals surface area (Å²) in [6.07, 6.45) is -17.8. The van der Waals surface area contributed by atoms with E-state index in [4.69, 9.17) is 33.2 Å². The van der Waals surface area contributed by atoms with Crippen LogP contribution in [0.4, 0.5) is 0 Å². The van der Waals surface area contributed by atoms with Crippen molar-refractivity contribution in [2.75, 3.05) is 46.1 Å². The molecule has 10 N–H and O–H groups in total. The van der Waals surface area contributed by atoms with Crippen molar-refractivity contribution in [1.82, 2.24) is 14.5 Å². The van der Waals surface area contributed by atoms with Crippen LogP contribution in [-0.2, 0) is 39.7 Å². The Hall–Kier alpha value is -1.51. The lowest BCUT2D eigenvalue weighted by Crippen LogP contribution is -2.65. The highest BCUT2D eigenvalue weighted by atomic mass is 16.7. The Morgan fingerprint density at radius 3 is 2.02 bits per heavy atom. The average molecular weight is 754 g/mol. The second-order valence-corrected chi connectivity index (χ2v) is 14.1. The Morgan fingerprint density at radius 1 is 0.692 bits per heavy atom. The molecule has 0 radical (unpaired) electrons. The number of rotatable bonds is 15. The van der Waals surface area contributed by atoms with E-state index in [9.17, 15) is 51.1 Å². The lowest BCUT2D eigenvalue weighted by atomic mass is 9.89. The fraction of sp³-hybridized carbons (Fsp3) is 0.906. The van der Waals surface area contributed by atoms with Crippen molar-refractivity contribution in [2.24, 2.45) is 5.92 Å². The normalized spacial score (nSPS) is 43.6. The highest BCUT2D eigenvalue weighted by Crippen LogP contribution is 2.33. The van der Waals surface area contributed by atoms with E-state index < -0.39 is 124 Å². The van der Waals surface area contributed by atoms with E-state index in [2.05, 4.69) is 4.98 Å². The third-order valence-corrected chi connectivity index (χ3v) is 9.94. The SMILES string of the molecule is CC(C)C1OC(COC2OC(CO)C(O)C(OC3CN(CCCn4ccnc4)CC(CO)O3)C2O)C(O)C(OC2OC(CO)C(O)C(O)C2O)C1O. The van der Waals surface area contributed by atoms with Gasteiger partial charge in [-0.25, -0.2) is 4.98 Å². The number of aliphatic hydroxyl groups excluding tert-OH is 10. The molecular formula is C32H55N3O17. The zero-order valence-electron chi connectivity index (χ0n) is 29.2. The quantitative estimate of drug-likeness (QED) is 0.0799. The second-order valence-electron chi connectivity index (χ2n) is 14.1. The summed E-state index contributed by atoms with van der Waals surface area (Å²) in [5, 5.41) is 105. The van der Waals surface area contributed by atoms with Gasteiger partial charge in [-0.1, -0.05) is 13.8 Å². The van der Waals surface area contributed by atoms with Crippen molar-refractivity contribution in [1.29, 1.82) is 0 Å². The van der Waals surface area contributed by atoms with Crippen LogP contribution in [0.5, 0.6) is 0 Å². The largest absolute Gasteiger partial charge is 0.394 e. The number of morpholine rings is 1. The maximum atomic E-state index is 11.3. The summed E-state index contributed by atoms with van der Waals surface area (Å²) in [5.41, 5.74) is 0. The minimum absolute atomic E-state index is 0.253. The fourth-order valence-electron chi connectivity index (χ4n) is 6.99. The molecule has 0 aromatic carbocycles. The smallest absolute Gasteiger partial charge is 0.187 e. The zero-order chi connectivity index (χ0) is 37.7. The summed E-state index contributed by atoms with van der Waals surface area (Å²) in [6.45, 7) is 3.39. The lowest BCUT2D eigenvalue weighted by Gasteiger charge is -2.48. The number of ether oxygens (including phenoxy) is 7. The molecule has 0 amide bonds. The molecule has 17 atom stereocenters. The topological polar surface area (TPSA) is 288 Å². The number of aliphatic hydroxyl groups is 10. The number of imidazole rings is 1. The minimum atomic E-state index is -1.80. The summed E-state index contributed by atoms with van der Waals surface area (Å²) in [7, 11) is 0. The fourth-order valence-corrected chi connectivity index (χ4v) is 6.99. The van der Waals surface area contributed by atoms with E-state index in [0.29, 0.717) is 13.1 Å². The molecule has 0 spiro atoms. The van der Waals surface area contributed by atoms with Crippen molar-refractivity contribution in [2.45, 2.75) is 131 Å². The van der Waals surface area contributed by atoms with Gasteiger partial charge in [0.05, 0.1) is 45.0 Å². The molecule has 52 heavy (non-hydrogen) atoms. The predicted octanol–water partition coefficient (Wildman–Crippen LogP) is -5.54. The van der Waals surface area contributed by atoms with Gasteiger partial charge in [-0.05, 0) is 12.3 Å². The molecule has 1 aromatic rings. The maximum absolute atomic E-state index is 11.3. The molecule has 20 heteroatoms. The van der Waals surface area contributed by atoms with Gasteiger partial charge in [-0.3, -0.25) is 4.90 Å². The molecule has 4 aliphatic rings. The summed E-state index contributed by atoms with van der Waals surface area (Å²) < 4.78 is 42.6. The molecule has 4 saturated heterocycles. The third-order valence-electron chi connectivity index (χ3n) is 9.94. The van der Waals surface area contributed by atoms with E-state index >= 15 is 0 Å². The van der Waals surface area contributed by atoms with Crippen LogP contribution >= 0.6 is 0 Å². The van der Waals surface area contributed by atoms with Gasteiger partial charge >= 0.3 is 0 Å². The van der Waals surface area contributed by atoms with Gasteiger partial charge in [0, 0.05) is 38.6 Å². The monoisotopic (exact) mass is 753 g/mol. The molecule has 4 fully saturated rings. The molecule has 20 nitrogen and oxygen atoms in total. The Kier molecular flexibility index (Phi) is 15.1. The van der Waals surface area contributed by atoms with Crippen molar-refractivity contribution < 1.29 is 84.2 Å². The molecule has 1 aromatic heterocycles. The molecule has 17 unspecified atom stereocenters. The Balaban J connectivity index is 1.23. The van der Waals surface area contributed by atoms with Gasteiger partial charge in [0.15, 0.2) is 18.9 Å². The molecule has 5 heterocycles. The number of hydrogen-bond acceptors (Lipinski definition) is 19. The van der Waals surface area contributed by atoms with Crippen LogP contribution in [0.15, 0.2) is 18.7 Å². The summed E-state index contributed by atoms with van der Waals surface area (Å²) in [5.74, 6) is -0.335. The van der Waals surface area contributed by atoms with E-state index in [1.165, 1.54) is 0 Å². The van der Waals surface area contributed by atoms with E-state index in [1.807, 2.05) is 15.7 Å². The van der Waals surface area contributed by atoms with Gasteiger partial charge in [-0.15, -0.1) is 0 Å². The Labute approximate surface area is 300 Å². The summed E-state index contributed by atoms with van der Waals surface area (Å²) in [6, 6.07) is 0. The van der Waals surface area contributed by atoms with Crippen LogP contribution in [0.3, 0.4) is 0 Å². The van der Waals surface area contributed by atoms with E-state index in [-0.39, 0.29) is 19.1 Å². The molecule has 300 valence electrons. The first-order valence-corrected chi connectivity index (χ1v) is 17.7. The minimum Gasteiger partial charge on any atom is -0.394 e. The summed E-state index contributed by atoms with van der Waals surface area (Å²) >= 11 is 0. The van der Waals surface area contributed by atoms with Crippen molar-refractivity contribution >= 4 is 0 Å². The van der Waals surface area contributed by atoms with E-state index in [0.717, 1.165) is 13.0 Å². The van der Waals surface area contributed by atoms with Gasteiger partial charge in [0.2, 0.25) is 0 Å². The van der Waals surface area contributed by atoms with Crippen LogP contribution < -0.4 is 0 Å². The highest BCUT2D eigenvalue weighted by Gasteiger charge is 2.52. The number of nitrogens with zero attached hydrogens (tertiary/aromatic N) is 3. The standard InChI is InChI=1S/C32H55N3O17/c1-15(2)28-26(44)29(52-32-25(43)24(42)21(39)17(11-37)50-32)23(41)19(48-28)13-46-31-27(45)30(22(40)18(12-38)49-31)51-20-9-35(8-16(10-36)47-20)6-3-5-34-7-4-33-14-34/h4,7,14-32,36-45H,3,5-6,8-13H2,1-2H3. The molecule has 4 aliphatic heterocycles. The van der Waals surface area contributed by atoms with Gasteiger partial charge < -0.3 is 88.8 Å². The van der Waals surface area contributed by atoms with Gasteiger partial charge in [-0.2, -0.15) is 0 Å². The molecule has 0 saturated carbocycles. The number of aryl methyl sites for hydroxylation is 1. The predicted molar refractivity (Wildman–Crippen MR) is 172 cm³/mol. The van der Waals surface area contributed by atoms with Gasteiger partial charge in [0.25, 0.3) is 0 Å². The van der Waals surface area contributed by atoms with Crippen molar-refractivity contribution in [3.63, 3.8) is 0 Å². The molecule has 0 aliphatic carbocycles. The number of hydrogen-bond donors (Lipinski definition) is 10. The zero-order valence-corrected chi connectivity index (χ0v) is 29.2. The maximum Gasteiger partial charge on any atom is 0.187 e. The average Bonchev–Trinajstić information content (AvgIpc) is 3.65. The van der Waals surface area contributed by atoms with E-state index in [1.54, 1.807) is 26.4 Å². The number of aromatic nitrogens is 2. The third kappa shape index (κ3) is 9.64. The molecule has 0 bridgehead atoms. The van der Waals surface area contributed by atoms with Crippen LogP contribution in [-0.4, -0.2) is 216 Å². The Morgan fingerprint density at radius 2 is 1.37 bits per heavy atom. The first-order valence-electron chi connectivity index (χ1n) is 17.7. The first-order chi connectivity index (χ1) is 24.9. The molecular weight excluding hydrogens is 698 g/mol. The highest BCUT2D eigenvalue weighted by molar-refractivity contribution is 4.97. The summed E-state index contributed by atoms with van der Waals surface area (Å²) in [4.78, 5) is 6.07.